The molecule has 2 aromatic rings. The molecule has 1 aromatic heterocycles. The van der Waals surface area contributed by atoms with E-state index in [9.17, 15) is 4.79 Å². The van der Waals surface area contributed by atoms with Crippen molar-refractivity contribution in [1.82, 2.24) is 10.2 Å². The van der Waals surface area contributed by atoms with Gasteiger partial charge in [0, 0.05) is 31.1 Å². The van der Waals surface area contributed by atoms with Gasteiger partial charge in [-0.25, -0.2) is 0 Å². The van der Waals surface area contributed by atoms with Gasteiger partial charge in [-0.3, -0.25) is 4.79 Å². The highest BCUT2D eigenvalue weighted by Crippen LogP contribution is 2.22. The SMILES string of the molecule is CC1CN(C(=O)c2coc3ccccc23)CCN1.Cl. The minimum atomic E-state index is 0. The number of nitrogens with zero attached hydrogens (tertiary/aromatic N) is 1. The molecule has 1 amide bonds. The molecule has 3 rings (SSSR count). The van der Waals surface area contributed by atoms with E-state index in [1.165, 1.54) is 0 Å². The Bertz CT molecular complexity index is 582. The van der Waals surface area contributed by atoms with Crippen molar-refractivity contribution in [2.75, 3.05) is 19.6 Å². The lowest BCUT2D eigenvalue weighted by Crippen LogP contribution is -2.51. The summed E-state index contributed by atoms with van der Waals surface area (Å²) in [7, 11) is 0. The largest absolute Gasteiger partial charge is 0.463 e. The summed E-state index contributed by atoms with van der Waals surface area (Å²) < 4.78 is 5.42. The van der Waals surface area contributed by atoms with Crippen LogP contribution in [-0.2, 0) is 0 Å². The normalized spacial score (nSPS) is 19.2. The number of carbonyl (C=O) groups excluding carboxylic acids is 1. The Balaban J connectivity index is 0.00000133. The predicted octanol–water partition coefficient (Wildman–Crippen LogP) is 2.29. The van der Waals surface area contributed by atoms with Gasteiger partial charge in [0.1, 0.15) is 11.8 Å². The van der Waals surface area contributed by atoms with Gasteiger partial charge in [0.25, 0.3) is 5.91 Å². The summed E-state index contributed by atoms with van der Waals surface area (Å²) in [5.74, 6) is 0.0632. The van der Waals surface area contributed by atoms with Gasteiger partial charge in [0.15, 0.2) is 0 Å². The Morgan fingerprint density at radius 3 is 3.00 bits per heavy atom. The zero-order valence-corrected chi connectivity index (χ0v) is 11.6. The van der Waals surface area contributed by atoms with Gasteiger partial charge in [-0.1, -0.05) is 18.2 Å². The average molecular weight is 281 g/mol. The maximum absolute atomic E-state index is 12.5. The average Bonchev–Trinajstić information content (AvgIpc) is 2.82. The standard InChI is InChI=1S/C14H16N2O2.ClH/c1-10-8-16(7-6-15-10)14(17)12-9-18-13-5-3-2-4-11(12)13;/h2-5,9-10,15H,6-8H2,1H3;1H. The third kappa shape index (κ3) is 2.60. The predicted molar refractivity (Wildman–Crippen MR) is 76.8 cm³/mol. The van der Waals surface area contributed by atoms with E-state index >= 15 is 0 Å². The molecule has 1 fully saturated rings. The van der Waals surface area contributed by atoms with Gasteiger partial charge in [-0.15, -0.1) is 12.4 Å². The van der Waals surface area contributed by atoms with Crippen molar-refractivity contribution in [3.8, 4) is 0 Å². The molecule has 1 atom stereocenters. The Kier molecular flexibility index (Phi) is 4.12. The number of rotatable bonds is 1. The number of fused-ring (bicyclic) bond motifs is 1. The van der Waals surface area contributed by atoms with E-state index in [2.05, 4.69) is 12.2 Å². The second-order valence-corrected chi connectivity index (χ2v) is 4.75. The quantitative estimate of drug-likeness (QED) is 0.872. The molecule has 1 N–H and O–H groups in total. The first-order valence-corrected chi connectivity index (χ1v) is 6.24. The fourth-order valence-electron chi connectivity index (χ4n) is 2.43. The van der Waals surface area contributed by atoms with Crippen LogP contribution in [0.3, 0.4) is 0 Å². The Hall–Kier alpha value is -1.52. The molecule has 4 nitrogen and oxygen atoms in total. The maximum atomic E-state index is 12.5. The number of hydrogen-bond acceptors (Lipinski definition) is 3. The van der Waals surface area contributed by atoms with Crippen LogP contribution < -0.4 is 5.32 Å². The monoisotopic (exact) mass is 280 g/mol. The number of para-hydroxylation sites is 1. The van der Waals surface area contributed by atoms with E-state index in [0.717, 1.165) is 30.6 Å². The highest BCUT2D eigenvalue weighted by Gasteiger charge is 2.24. The summed E-state index contributed by atoms with van der Waals surface area (Å²) in [5.41, 5.74) is 1.43. The lowest BCUT2D eigenvalue weighted by atomic mass is 10.1. The molecule has 1 saturated heterocycles. The van der Waals surface area contributed by atoms with Crippen molar-refractivity contribution in [1.29, 1.82) is 0 Å². The second kappa shape index (κ2) is 5.63. The molecule has 1 aliphatic heterocycles. The topological polar surface area (TPSA) is 45.5 Å². The lowest BCUT2D eigenvalue weighted by Gasteiger charge is -2.31. The molecule has 0 aliphatic carbocycles. The molecule has 102 valence electrons. The van der Waals surface area contributed by atoms with Crippen LogP contribution in [0.25, 0.3) is 11.0 Å². The van der Waals surface area contributed by atoms with Crippen LogP contribution in [0.5, 0.6) is 0 Å². The molecule has 19 heavy (non-hydrogen) atoms. The van der Waals surface area contributed by atoms with Crippen LogP contribution in [-0.4, -0.2) is 36.5 Å². The number of benzene rings is 1. The number of furan rings is 1. The molecule has 1 unspecified atom stereocenters. The third-order valence-electron chi connectivity index (χ3n) is 3.37. The maximum Gasteiger partial charge on any atom is 0.257 e. The molecule has 2 heterocycles. The van der Waals surface area contributed by atoms with Crippen LogP contribution in [0.4, 0.5) is 0 Å². The number of halogens is 1. The molecule has 0 radical (unpaired) electrons. The van der Waals surface area contributed by atoms with Crippen molar-refractivity contribution in [2.45, 2.75) is 13.0 Å². The third-order valence-corrected chi connectivity index (χ3v) is 3.37. The van der Waals surface area contributed by atoms with Gasteiger partial charge in [0.05, 0.1) is 5.56 Å². The van der Waals surface area contributed by atoms with E-state index in [1.807, 2.05) is 29.2 Å². The zero-order valence-electron chi connectivity index (χ0n) is 10.8. The number of hydrogen-bond donors (Lipinski definition) is 1. The van der Waals surface area contributed by atoms with Crippen molar-refractivity contribution in [3.05, 3.63) is 36.1 Å². The Morgan fingerprint density at radius 2 is 2.21 bits per heavy atom. The number of piperazine rings is 1. The minimum Gasteiger partial charge on any atom is -0.463 e. The summed E-state index contributed by atoms with van der Waals surface area (Å²) in [6.07, 6.45) is 1.57. The van der Waals surface area contributed by atoms with Gasteiger partial charge in [0.2, 0.25) is 0 Å². The first kappa shape index (κ1) is 13.9. The van der Waals surface area contributed by atoms with Crippen molar-refractivity contribution in [3.63, 3.8) is 0 Å². The minimum absolute atomic E-state index is 0. The van der Waals surface area contributed by atoms with E-state index < -0.39 is 0 Å². The fraction of sp³-hybridized carbons (Fsp3) is 0.357. The van der Waals surface area contributed by atoms with E-state index in [0.29, 0.717) is 11.6 Å². The van der Waals surface area contributed by atoms with Crippen molar-refractivity contribution >= 4 is 29.3 Å². The number of carbonyl (C=O) groups is 1. The second-order valence-electron chi connectivity index (χ2n) is 4.75. The number of amides is 1. The van der Waals surface area contributed by atoms with Crippen LogP contribution in [0.2, 0.25) is 0 Å². The summed E-state index contributed by atoms with van der Waals surface area (Å²) in [6.45, 7) is 4.44. The van der Waals surface area contributed by atoms with Crippen molar-refractivity contribution < 1.29 is 9.21 Å². The summed E-state index contributed by atoms with van der Waals surface area (Å²) in [5, 5.41) is 4.23. The lowest BCUT2D eigenvalue weighted by molar-refractivity contribution is 0.0710. The van der Waals surface area contributed by atoms with Crippen LogP contribution in [0, 0.1) is 0 Å². The summed E-state index contributed by atoms with van der Waals surface area (Å²) in [6, 6.07) is 7.99. The van der Waals surface area contributed by atoms with Gasteiger partial charge in [-0.05, 0) is 13.0 Å². The van der Waals surface area contributed by atoms with Crippen molar-refractivity contribution in [2.24, 2.45) is 0 Å². The van der Waals surface area contributed by atoms with Gasteiger partial charge < -0.3 is 14.6 Å². The molecule has 1 aliphatic rings. The Labute approximate surface area is 118 Å². The highest BCUT2D eigenvalue weighted by atomic mass is 35.5. The summed E-state index contributed by atoms with van der Waals surface area (Å²) in [4.78, 5) is 14.3. The van der Waals surface area contributed by atoms with Crippen LogP contribution >= 0.6 is 12.4 Å². The fourth-order valence-corrected chi connectivity index (χ4v) is 2.43. The molecule has 5 heteroatoms. The van der Waals surface area contributed by atoms with E-state index in [1.54, 1.807) is 6.26 Å². The first-order valence-electron chi connectivity index (χ1n) is 6.24. The molecule has 1 aromatic carbocycles. The molecule has 0 bridgehead atoms. The van der Waals surface area contributed by atoms with Gasteiger partial charge in [-0.2, -0.15) is 0 Å². The molecular formula is C14H17ClN2O2. The highest BCUT2D eigenvalue weighted by molar-refractivity contribution is 6.05. The first-order chi connectivity index (χ1) is 8.75. The van der Waals surface area contributed by atoms with Crippen LogP contribution in [0.15, 0.2) is 34.9 Å². The molecule has 0 saturated carbocycles. The van der Waals surface area contributed by atoms with E-state index in [4.69, 9.17) is 4.42 Å². The smallest absolute Gasteiger partial charge is 0.257 e. The Morgan fingerprint density at radius 1 is 1.42 bits per heavy atom. The summed E-state index contributed by atoms with van der Waals surface area (Å²) >= 11 is 0. The molecule has 0 spiro atoms. The zero-order chi connectivity index (χ0) is 12.5. The number of nitrogens with one attached hydrogen (secondary N) is 1. The van der Waals surface area contributed by atoms with E-state index in [-0.39, 0.29) is 18.3 Å². The van der Waals surface area contributed by atoms with Gasteiger partial charge >= 0.3 is 0 Å². The molecular weight excluding hydrogens is 264 g/mol. The van der Waals surface area contributed by atoms with Crippen LogP contribution in [0.1, 0.15) is 17.3 Å².